The van der Waals surface area contributed by atoms with Crippen molar-refractivity contribution in [3.63, 3.8) is 0 Å². The van der Waals surface area contributed by atoms with Gasteiger partial charge in [0, 0.05) is 17.8 Å². The molecule has 0 aliphatic carbocycles. The summed E-state index contributed by atoms with van der Waals surface area (Å²) >= 11 is 0. The number of methoxy groups -OCH3 is 1. The number of rotatable bonds is 6. The third-order valence-electron chi connectivity index (χ3n) is 2.29. The van der Waals surface area contributed by atoms with Crippen molar-refractivity contribution in [2.75, 3.05) is 13.7 Å². The van der Waals surface area contributed by atoms with Crippen molar-refractivity contribution >= 4 is 5.97 Å². The molecule has 6 heteroatoms. The Morgan fingerprint density at radius 2 is 2.29 bits per heavy atom. The molecular weight excluding hydrogens is 224 g/mol. The van der Waals surface area contributed by atoms with Gasteiger partial charge in [-0.3, -0.25) is 10.1 Å². The van der Waals surface area contributed by atoms with E-state index in [1.54, 1.807) is 0 Å². The molecule has 0 unspecified atom stereocenters. The maximum atomic E-state index is 10.7. The molecular formula is C11H16N2O4. The minimum absolute atomic E-state index is 0.272. The van der Waals surface area contributed by atoms with Crippen LogP contribution in [0.15, 0.2) is 12.1 Å². The Kier molecular flexibility index (Phi) is 4.86. The molecule has 0 radical (unpaired) electrons. The summed E-state index contributed by atoms with van der Waals surface area (Å²) in [6, 6.07) is 2.64. The highest BCUT2D eigenvalue weighted by Crippen LogP contribution is 2.15. The first-order valence-corrected chi connectivity index (χ1v) is 5.16. The van der Waals surface area contributed by atoms with Gasteiger partial charge in [0.1, 0.15) is 6.04 Å². The Morgan fingerprint density at radius 1 is 1.59 bits per heavy atom. The van der Waals surface area contributed by atoms with E-state index in [1.807, 2.05) is 19.1 Å². The summed E-state index contributed by atoms with van der Waals surface area (Å²) in [7, 11) is 1.51. The van der Waals surface area contributed by atoms with Crippen LogP contribution in [0.5, 0.6) is 5.88 Å². The van der Waals surface area contributed by atoms with Gasteiger partial charge in [-0.2, -0.15) is 0 Å². The Bertz CT molecular complexity index is 395. The zero-order chi connectivity index (χ0) is 12.8. The smallest absolute Gasteiger partial charge is 0.323 e. The van der Waals surface area contributed by atoms with E-state index in [1.165, 1.54) is 7.11 Å². The van der Waals surface area contributed by atoms with Crippen molar-refractivity contribution in [1.82, 2.24) is 10.3 Å². The maximum absolute atomic E-state index is 10.7. The lowest BCUT2D eigenvalue weighted by atomic mass is 10.2. The van der Waals surface area contributed by atoms with E-state index in [9.17, 15) is 4.79 Å². The van der Waals surface area contributed by atoms with E-state index in [0.29, 0.717) is 5.88 Å². The van der Waals surface area contributed by atoms with Crippen LogP contribution in [0.1, 0.15) is 11.3 Å². The van der Waals surface area contributed by atoms with E-state index in [2.05, 4.69) is 10.3 Å². The third-order valence-corrected chi connectivity index (χ3v) is 2.29. The number of ether oxygens (including phenoxy) is 1. The van der Waals surface area contributed by atoms with Crippen molar-refractivity contribution in [2.45, 2.75) is 19.5 Å². The number of nitrogens with zero attached hydrogens (tertiary/aromatic N) is 1. The Hall–Kier alpha value is -1.66. The molecule has 0 aliphatic rings. The lowest BCUT2D eigenvalue weighted by Gasteiger charge is -2.13. The summed E-state index contributed by atoms with van der Waals surface area (Å²) in [6.07, 6.45) is 0. The zero-order valence-corrected chi connectivity index (χ0v) is 9.80. The predicted molar refractivity (Wildman–Crippen MR) is 60.9 cm³/mol. The monoisotopic (exact) mass is 240 g/mol. The molecule has 1 heterocycles. The minimum atomic E-state index is -1.09. The van der Waals surface area contributed by atoms with Crippen molar-refractivity contribution in [2.24, 2.45) is 0 Å². The van der Waals surface area contributed by atoms with Crippen LogP contribution in [0.3, 0.4) is 0 Å². The van der Waals surface area contributed by atoms with Gasteiger partial charge in [-0.05, 0) is 13.0 Å². The van der Waals surface area contributed by atoms with Gasteiger partial charge >= 0.3 is 5.97 Å². The number of aromatic nitrogens is 1. The summed E-state index contributed by atoms with van der Waals surface area (Å²) in [6.45, 7) is 1.65. The molecule has 1 aromatic rings. The predicted octanol–water partition coefficient (Wildman–Crippen LogP) is -0.0663. The van der Waals surface area contributed by atoms with Crippen molar-refractivity contribution in [3.05, 3.63) is 23.4 Å². The van der Waals surface area contributed by atoms with Gasteiger partial charge in [0.15, 0.2) is 0 Å². The maximum Gasteiger partial charge on any atom is 0.323 e. The average Bonchev–Trinajstić information content (AvgIpc) is 2.31. The number of pyridine rings is 1. The fourth-order valence-electron chi connectivity index (χ4n) is 1.34. The fourth-order valence-corrected chi connectivity index (χ4v) is 1.34. The Balaban J connectivity index is 2.71. The summed E-state index contributed by atoms with van der Waals surface area (Å²) in [5, 5.41) is 20.3. The number of hydrogen-bond donors (Lipinski definition) is 3. The third kappa shape index (κ3) is 3.69. The molecule has 0 amide bonds. The fraction of sp³-hybridized carbons (Fsp3) is 0.455. The molecule has 1 rings (SSSR count). The lowest BCUT2D eigenvalue weighted by molar-refractivity contribution is -0.140. The zero-order valence-electron chi connectivity index (χ0n) is 9.80. The normalized spacial score (nSPS) is 12.2. The molecule has 0 spiro atoms. The largest absolute Gasteiger partial charge is 0.481 e. The molecule has 17 heavy (non-hydrogen) atoms. The second kappa shape index (κ2) is 6.17. The van der Waals surface area contributed by atoms with Crippen LogP contribution in [0.25, 0.3) is 0 Å². The van der Waals surface area contributed by atoms with Crippen molar-refractivity contribution < 1.29 is 19.7 Å². The quantitative estimate of drug-likeness (QED) is 0.645. The van der Waals surface area contributed by atoms with Crippen LogP contribution in [0, 0.1) is 6.92 Å². The first kappa shape index (κ1) is 13.4. The molecule has 0 saturated heterocycles. The van der Waals surface area contributed by atoms with Gasteiger partial charge < -0.3 is 14.9 Å². The van der Waals surface area contributed by atoms with E-state index in [-0.39, 0.29) is 6.54 Å². The molecule has 1 aromatic heterocycles. The molecule has 6 nitrogen and oxygen atoms in total. The van der Waals surface area contributed by atoms with Crippen LogP contribution >= 0.6 is 0 Å². The number of aliphatic hydroxyl groups is 1. The molecule has 94 valence electrons. The topological polar surface area (TPSA) is 91.7 Å². The van der Waals surface area contributed by atoms with Gasteiger partial charge in [-0.1, -0.05) is 6.07 Å². The first-order valence-electron chi connectivity index (χ1n) is 5.16. The molecule has 0 fully saturated rings. The molecule has 0 saturated carbocycles. The molecule has 0 aliphatic heterocycles. The van der Waals surface area contributed by atoms with Crippen molar-refractivity contribution in [3.8, 4) is 5.88 Å². The highest BCUT2D eigenvalue weighted by Gasteiger charge is 2.16. The van der Waals surface area contributed by atoms with Gasteiger partial charge in [0.25, 0.3) is 0 Å². The number of aryl methyl sites for hydroxylation is 1. The molecule has 1 atom stereocenters. The average molecular weight is 240 g/mol. The van der Waals surface area contributed by atoms with Crippen LogP contribution in [0.2, 0.25) is 0 Å². The van der Waals surface area contributed by atoms with Crippen LogP contribution in [-0.4, -0.2) is 40.9 Å². The van der Waals surface area contributed by atoms with Gasteiger partial charge in [0.2, 0.25) is 5.88 Å². The van der Waals surface area contributed by atoms with Gasteiger partial charge in [-0.15, -0.1) is 0 Å². The number of carbonyl (C=O) groups is 1. The van der Waals surface area contributed by atoms with E-state index in [4.69, 9.17) is 14.9 Å². The second-order valence-electron chi connectivity index (χ2n) is 3.58. The van der Waals surface area contributed by atoms with Crippen molar-refractivity contribution in [1.29, 1.82) is 0 Å². The summed E-state index contributed by atoms with van der Waals surface area (Å²) in [4.78, 5) is 14.9. The van der Waals surface area contributed by atoms with Gasteiger partial charge in [-0.25, -0.2) is 4.98 Å². The number of hydrogen-bond acceptors (Lipinski definition) is 5. The van der Waals surface area contributed by atoms with E-state index in [0.717, 1.165) is 11.3 Å². The number of carboxylic acid groups (broad SMARTS) is 1. The summed E-state index contributed by atoms with van der Waals surface area (Å²) < 4.78 is 5.09. The first-order chi connectivity index (χ1) is 8.08. The summed E-state index contributed by atoms with van der Waals surface area (Å²) in [5.74, 6) is -0.633. The standard InChI is InChI=1S/C11H16N2O4/c1-7-3-4-8(10(13-7)17-2)5-12-9(6-14)11(15)16/h3-4,9,12,14H,5-6H2,1-2H3,(H,15,16)/t9-/m1/s1. The SMILES string of the molecule is COc1nc(C)ccc1CN[C@H](CO)C(=O)O. The summed E-state index contributed by atoms with van der Waals surface area (Å²) in [5.41, 5.74) is 1.57. The Labute approximate surface area is 99.3 Å². The molecule has 0 bridgehead atoms. The second-order valence-corrected chi connectivity index (χ2v) is 3.58. The van der Waals surface area contributed by atoms with Crippen LogP contribution in [-0.2, 0) is 11.3 Å². The highest BCUT2D eigenvalue weighted by atomic mass is 16.5. The number of nitrogens with one attached hydrogen (secondary N) is 1. The number of carboxylic acids is 1. The Morgan fingerprint density at radius 3 is 2.82 bits per heavy atom. The minimum Gasteiger partial charge on any atom is -0.481 e. The van der Waals surface area contributed by atoms with E-state index < -0.39 is 18.6 Å². The highest BCUT2D eigenvalue weighted by molar-refractivity contribution is 5.73. The van der Waals surface area contributed by atoms with Crippen LogP contribution in [0.4, 0.5) is 0 Å². The number of aliphatic hydroxyl groups excluding tert-OH is 1. The van der Waals surface area contributed by atoms with E-state index >= 15 is 0 Å². The van der Waals surface area contributed by atoms with Crippen LogP contribution < -0.4 is 10.1 Å². The number of aliphatic carboxylic acids is 1. The van der Waals surface area contributed by atoms with Gasteiger partial charge in [0.05, 0.1) is 13.7 Å². The molecule has 3 N–H and O–H groups in total. The lowest BCUT2D eigenvalue weighted by Crippen LogP contribution is -2.39. The molecule has 0 aromatic carbocycles.